The molecule has 23 heavy (non-hydrogen) atoms. The van der Waals surface area contributed by atoms with Crippen molar-refractivity contribution in [3.05, 3.63) is 23.5 Å². The zero-order valence-electron chi connectivity index (χ0n) is 13.5. The summed E-state index contributed by atoms with van der Waals surface area (Å²) >= 11 is 0. The van der Waals surface area contributed by atoms with Gasteiger partial charge in [0.25, 0.3) is 0 Å². The summed E-state index contributed by atoms with van der Waals surface area (Å²) < 4.78 is 15.2. The second-order valence-electron chi connectivity index (χ2n) is 5.54. The van der Waals surface area contributed by atoms with Crippen molar-refractivity contribution in [3.8, 4) is 0 Å². The van der Waals surface area contributed by atoms with Gasteiger partial charge < -0.3 is 14.7 Å². The normalized spacial score (nSPS) is 29.7. The minimum absolute atomic E-state index is 0.0182. The first-order chi connectivity index (χ1) is 10.6. The summed E-state index contributed by atoms with van der Waals surface area (Å²) in [5, 5.41) is 7.37. The Morgan fingerprint density at radius 3 is 2.74 bits per heavy atom. The zero-order valence-corrected chi connectivity index (χ0v) is 15.2. The molecule has 1 unspecified atom stereocenters. The van der Waals surface area contributed by atoms with E-state index in [0.717, 1.165) is 27.8 Å². The van der Waals surface area contributed by atoms with Gasteiger partial charge in [-0.2, -0.15) is 0 Å². The highest BCUT2D eigenvalue weighted by Gasteiger charge is 2.44. The molecule has 1 atom stereocenters. The number of hydrogen-bond donors (Lipinski definition) is 3. The van der Waals surface area contributed by atoms with Crippen LogP contribution < -0.4 is 5.14 Å². The molecule has 4 N–H and O–H groups in total. The summed E-state index contributed by atoms with van der Waals surface area (Å²) in [6, 6.07) is 0. The Hall–Kier alpha value is -0.960. The van der Waals surface area contributed by atoms with Crippen molar-refractivity contribution in [2.45, 2.75) is 20.3 Å². The average molecular weight is 362 g/mol. The summed E-state index contributed by atoms with van der Waals surface area (Å²) in [5.74, 6) is 2.08. The molecule has 0 saturated carbocycles. The maximum atomic E-state index is 10.7. The third-order valence-corrected chi connectivity index (χ3v) is 7.01. The van der Waals surface area contributed by atoms with Crippen LogP contribution in [0.3, 0.4) is 0 Å². The molecule has 0 aromatic rings. The molecular weight excluding hydrogens is 339 g/mol. The lowest BCUT2D eigenvalue weighted by Gasteiger charge is -2.47. The molecule has 2 aliphatic heterocycles. The maximum Gasteiger partial charge on any atom is 0.469 e. The molecule has 8 nitrogen and oxygen atoms in total. The van der Waals surface area contributed by atoms with Crippen molar-refractivity contribution >= 4 is 28.9 Å². The summed E-state index contributed by atoms with van der Waals surface area (Å²) in [6.45, 7) is 7.75. The molecule has 1 fully saturated rings. The monoisotopic (exact) mass is 362 g/mol. The number of nitrogens with two attached hydrogens (primary N) is 1. The Bertz CT molecular complexity index is 669. The fraction of sp³-hybridized carbons (Fsp3) is 0.538. The van der Waals surface area contributed by atoms with Crippen LogP contribution in [0.5, 0.6) is 0 Å². The molecular formula is C13H23N4O4PS. The van der Waals surface area contributed by atoms with Gasteiger partial charge in [0.15, 0.2) is 0 Å². The molecule has 0 aromatic heterocycles. The molecule has 0 bridgehead atoms. The van der Waals surface area contributed by atoms with Crippen LogP contribution in [0.2, 0.25) is 0 Å². The average Bonchev–Trinajstić information content (AvgIpc) is 3.03. The van der Waals surface area contributed by atoms with E-state index in [0.29, 0.717) is 18.1 Å². The molecule has 0 radical (unpaired) electrons. The number of phosphoric ester groups is 1. The number of rotatable bonds is 6. The Balaban J connectivity index is 1.92. The first-order valence-corrected chi connectivity index (χ1v) is 10.6. The van der Waals surface area contributed by atoms with Gasteiger partial charge in [0.05, 0.1) is 17.5 Å². The quantitative estimate of drug-likeness (QED) is 0.376. The number of amidine groups is 1. The number of aliphatic imine (C=N–C) groups is 2. The van der Waals surface area contributed by atoms with Crippen LogP contribution in [-0.2, 0) is 9.09 Å². The highest BCUT2D eigenvalue weighted by atomic mass is 32.3. The van der Waals surface area contributed by atoms with E-state index in [9.17, 15) is 4.57 Å². The van der Waals surface area contributed by atoms with Crippen molar-refractivity contribution < 1.29 is 18.9 Å². The van der Waals surface area contributed by atoms with Gasteiger partial charge in [-0.15, -0.1) is 10.2 Å². The summed E-state index contributed by atoms with van der Waals surface area (Å²) in [7, 11) is -4.26. The van der Waals surface area contributed by atoms with E-state index in [-0.39, 0.29) is 6.61 Å². The van der Waals surface area contributed by atoms with Gasteiger partial charge in [-0.05, 0) is 19.4 Å². The first kappa shape index (κ1) is 18.4. The Morgan fingerprint density at radius 2 is 2.22 bits per heavy atom. The maximum absolute atomic E-state index is 10.7. The van der Waals surface area contributed by atoms with Gasteiger partial charge in [0.1, 0.15) is 5.84 Å². The Morgan fingerprint density at radius 1 is 1.57 bits per heavy atom. The van der Waals surface area contributed by atoms with Crippen molar-refractivity contribution in [1.82, 2.24) is 4.90 Å². The van der Waals surface area contributed by atoms with Crippen molar-refractivity contribution in [2.75, 3.05) is 25.3 Å². The minimum Gasteiger partial charge on any atom is -0.336 e. The van der Waals surface area contributed by atoms with E-state index < -0.39 is 18.0 Å². The highest BCUT2D eigenvalue weighted by molar-refractivity contribution is 8.46. The molecule has 2 rings (SSSR count). The SMILES string of the molecule is C=C1CS(N)(CN2C(C)=C2CCOP(=O)(O)O)/C1=N/C(C)=N\C. The molecule has 1 saturated heterocycles. The van der Waals surface area contributed by atoms with Crippen LogP contribution in [0.4, 0.5) is 0 Å². The van der Waals surface area contributed by atoms with Gasteiger partial charge in [-0.1, -0.05) is 6.58 Å². The zero-order chi connectivity index (χ0) is 17.4. The molecule has 130 valence electrons. The molecule has 10 heteroatoms. The van der Waals surface area contributed by atoms with Crippen LogP contribution in [0, 0.1) is 0 Å². The van der Waals surface area contributed by atoms with E-state index in [1.165, 1.54) is 0 Å². The van der Waals surface area contributed by atoms with E-state index in [1.807, 2.05) is 13.8 Å². The fourth-order valence-electron chi connectivity index (χ4n) is 2.45. The van der Waals surface area contributed by atoms with E-state index in [2.05, 4.69) is 26.0 Å². The largest absolute Gasteiger partial charge is 0.469 e. The summed E-state index contributed by atoms with van der Waals surface area (Å²) in [4.78, 5) is 28.0. The lowest BCUT2D eigenvalue weighted by molar-refractivity contribution is 0.198. The molecule has 0 spiro atoms. The predicted octanol–water partition coefficient (Wildman–Crippen LogP) is 1.69. The van der Waals surface area contributed by atoms with Gasteiger partial charge >= 0.3 is 7.82 Å². The summed E-state index contributed by atoms with van der Waals surface area (Å²) in [6.07, 6.45) is 0.454. The van der Waals surface area contributed by atoms with Crippen molar-refractivity contribution in [1.29, 1.82) is 0 Å². The lowest BCUT2D eigenvalue weighted by Crippen LogP contribution is -2.41. The second-order valence-corrected chi connectivity index (χ2v) is 9.60. The highest BCUT2D eigenvalue weighted by Crippen LogP contribution is 2.57. The van der Waals surface area contributed by atoms with Crippen LogP contribution in [-0.4, -0.2) is 50.9 Å². The van der Waals surface area contributed by atoms with Crippen LogP contribution in [0.15, 0.2) is 33.5 Å². The van der Waals surface area contributed by atoms with Gasteiger partial charge in [0, 0.05) is 30.6 Å². The second kappa shape index (κ2) is 6.51. The van der Waals surface area contributed by atoms with E-state index >= 15 is 0 Å². The first-order valence-electron chi connectivity index (χ1n) is 7.01. The smallest absolute Gasteiger partial charge is 0.336 e. The molecule has 0 aliphatic carbocycles. The standard InChI is InChI=1S/C13H23N4O4PS/c1-9-7-23(14,13(9)16-11(3)15-4)8-17-10(2)12(17)5-6-21-22(18,19)20/h1,5-8,14H2,2-4H3,(H2,18,19,20)/b15-11-,16-13+. The van der Waals surface area contributed by atoms with Gasteiger partial charge in [0.2, 0.25) is 0 Å². The number of nitrogens with zero attached hydrogens (tertiary/aromatic N) is 3. The van der Waals surface area contributed by atoms with Crippen LogP contribution >= 0.6 is 18.0 Å². The predicted molar refractivity (Wildman–Crippen MR) is 94.3 cm³/mol. The van der Waals surface area contributed by atoms with Crippen LogP contribution in [0.25, 0.3) is 0 Å². The lowest BCUT2D eigenvalue weighted by atomic mass is 10.3. The van der Waals surface area contributed by atoms with E-state index in [1.54, 1.807) is 7.05 Å². The van der Waals surface area contributed by atoms with Gasteiger partial charge in [-0.3, -0.25) is 14.7 Å². The van der Waals surface area contributed by atoms with Crippen molar-refractivity contribution in [2.24, 2.45) is 15.1 Å². The molecule has 0 amide bonds. The van der Waals surface area contributed by atoms with Gasteiger partial charge in [-0.25, -0.2) is 9.56 Å². The molecule has 2 aliphatic rings. The third-order valence-electron chi connectivity index (χ3n) is 3.76. The fourth-order valence-corrected chi connectivity index (χ4v) is 5.41. The number of hydrogen-bond acceptors (Lipinski definition) is 5. The Labute approximate surface area is 137 Å². The minimum atomic E-state index is -4.41. The van der Waals surface area contributed by atoms with Crippen molar-refractivity contribution in [3.63, 3.8) is 0 Å². The number of allylic oxidation sites excluding steroid dienone is 1. The van der Waals surface area contributed by atoms with Crippen LogP contribution in [0.1, 0.15) is 20.3 Å². The number of phosphoric acid groups is 1. The molecule has 2 heterocycles. The topological polar surface area (TPSA) is 121 Å². The Kier molecular flexibility index (Phi) is 5.20. The molecule has 0 aromatic carbocycles. The van der Waals surface area contributed by atoms with E-state index in [4.69, 9.17) is 14.9 Å². The summed E-state index contributed by atoms with van der Waals surface area (Å²) in [5.41, 5.74) is 3.05. The third kappa shape index (κ3) is 4.32.